The van der Waals surface area contributed by atoms with E-state index in [1.54, 1.807) is 30.1 Å². The third-order valence-electron chi connectivity index (χ3n) is 4.54. The summed E-state index contributed by atoms with van der Waals surface area (Å²) in [5.74, 6) is 0.724. The van der Waals surface area contributed by atoms with Crippen molar-refractivity contribution in [2.45, 2.75) is 25.3 Å². The van der Waals surface area contributed by atoms with Gasteiger partial charge in [-0.25, -0.2) is 0 Å². The van der Waals surface area contributed by atoms with Crippen LogP contribution in [0.4, 0.5) is 0 Å². The largest absolute Gasteiger partial charge is 0.494 e. The van der Waals surface area contributed by atoms with E-state index in [1.807, 2.05) is 23.0 Å². The molecule has 6 nitrogen and oxygen atoms in total. The minimum atomic E-state index is -0.0565. The van der Waals surface area contributed by atoms with Crippen molar-refractivity contribution >= 4 is 29.9 Å². The predicted molar refractivity (Wildman–Crippen MR) is 109 cm³/mol. The lowest BCUT2D eigenvalue weighted by atomic mass is 10.1. The number of ether oxygens (including phenoxy) is 1. The van der Waals surface area contributed by atoms with Crippen LogP contribution in [0.3, 0.4) is 0 Å². The fraction of sp³-hybridized carbons (Fsp3) is 0.474. The molecule has 0 saturated carbocycles. The Bertz CT molecular complexity index is 715. The van der Waals surface area contributed by atoms with Gasteiger partial charge in [0.15, 0.2) is 0 Å². The molecule has 0 aliphatic carbocycles. The summed E-state index contributed by atoms with van der Waals surface area (Å²) in [6.07, 6.45) is 4.89. The summed E-state index contributed by atoms with van der Waals surface area (Å²) in [7, 11) is 1.80. The number of benzene rings is 1. The molecule has 1 aromatic heterocycles. The van der Waals surface area contributed by atoms with E-state index in [4.69, 9.17) is 16.3 Å². The number of rotatable bonds is 7. The zero-order chi connectivity index (χ0) is 18.4. The van der Waals surface area contributed by atoms with Crippen molar-refractivity contribution < 1.29 is 9.53 Å². The number of nitrogens with one attached hydrogen (secondary N) is 1. The second-order valence-electron chi connectivity index (χ2n) is 6.56. The summed E-state index contributed by atoms with van der Waals surface area (Å²) in [4.78, 5) is 14.2. The number of amides is 1. The monoisotopic (exact) mass is 412 g/mol. The molecule has 2 aromatic rings. The number of carbonyl (C=O) groups is 1. The predicted octanol–water partition coefficient (Wildman–Crippen LogP) is 3.42. The van der Waals surface area contributed by atoms with E-state index >= 15 is 0 Å². The van der Waals surface area contributed by atoms with Crippen LogP contribution in [-0.2, 0) is 0 Å². The molecule has 2 heterocycles. The van der Waals surface area contributed by atoms with Crippen LogP contribution in [0.25, 0.3) is 0 Å². The highest BCUT2D eigenvalue weighted by atomic mass is 35.5. The van der Waals surface area contributed by atoms with E-state index in [1.165, 1.54) is 0 Å². The van der Waals surface area contributed by atoms with Gasteiger partial charge in [-0.2, -0.15) is 5.10 Å². The highest BCUT2D eigenvalue weighted by molar-refractivity contribution is 6.30. The maximum Gasteiger partial charge on any atom is 0.274 e. The zero-order valence-corrected chi connectivity index (χ0v) is 17.0. The normalized spacial score (nSPS) is 16.4. The maximum atomic E-state index is 12.5. The summed E-state index contributed by atoms with van der Waals surface area (Å²) >= 11 is 5.85. The van der Waals surface area contributed by atoms with E-state index in [0.29, 0.717) is 29.9 Å². The molecule has 0 spiro atoms. The van der Waals surface area contributed by atoms with Crippen LogP contribution in [0.2, 0.25) is 5.02 Å². The number of nitrogens with zero attached hydrogens (tertiary/aromatic N) is 3. The molecule has 1 aromatic carbocycles. The van der Waals surface area contributed by atoms with Crippen molar-refractivity contribution in [2.24, 2.45) is 0 Å². The maximum absolute atomic E-state index is 12.5. The second kappa shape index (κ2) is 10.5. The van der Waals surface area contributed by atoms with Crippen LogP contribution in [0.15, 0.2) is 36.5 Å². The van der Waals surface area contributed by atoms with Crippen LogP contribution in [0, 0.1) is 0 Å². The lowest BCUT2D eigenvalue weighted by molar-refractivity contribution is 0.0780. The second-order valence-corrected chi connectivity index (χ2v) is 7.00. The molecule has 1 aliphatic heterocycles. The zero-order valence-electron chi connectivity index (χ0n) is 15.4. The highest BCUT2D eigenvalue weighted by Gasteiger charge is 2.19. The Kier molecular flexibility index (Phi) is 8.41. The van der Waals surface area contributed by atoms with E-state index in [0.717, 1.165) is 38.1 Å². The van der Waals surface area contributed by atoms with Crippen LogP contribution < -0.4 is 10.1 Å². The van der Waals surface area contributed by atoms with Crippen LogP contribution in [0.1, 0.15) is 35.8 Å². The molecule has 1 saturated heterocycles. The minimum absolute atomic E-state index is 0. The molecule has 3 rings (SSSR count). The standard InChI is InChI=1S/C19H25ClN4O2.ClH/c1-23(11-3-13-26-17-7-5-15(20)6-8-17)19(25)18-9-12-24(22-18)16-4-2-10-21-14-16;/h5-9,12,16,21H,2-4,10-11,13-14H2,1H3;1H. The van der Waals surface area contributed by atoms with Crippen molar-refractivity contribution in [2.75, 3.05) is 33.3 Å². The molecule has 0 radical (unpaired) electrons. The average Bonchev–Trinajstić information content (AvgIpc) is 3.17. The van der Waals surface area contributed by atoms with E-state index in [9.17, 15) is 4.79 Å². The molecular weight excluding hydrogens is 387 g/mol. The summed E-state index contributed by atoms with van der Waals surface area (Å²) in [6, 6.07) is 9.41. The van der Waals surface area contributed by atoms with E-state index in [2.05, 4.69) is 10.4 Å². The number of hydrogen-bond donors (Lipinski definition) is 1. The topological polar surface area (TPSA) is 59.4 Å². The van der Waals surface area contributed by atoms with Gasteiger partial charge in [0.05, 0.1) is 12.6 Å². The Labute approximate surface area is 171 Å². The van der Waals surface area contributed by atoms with Gasteiger partial charge in [-0.05, 0) is 56.1 Å². The Morgan fingerprint density at radius 3 is 2.85 bits per heavy atom. The lowest BCUT2D eigenvalue weighted by Gasteiger charge is -2.23. The molecule has 1 atom stereocenters. The van der Waals surface area contributed by atoms with Crippen molar-refractivity contribution in [3.05, 3.63) is 47.2 Å². The molecule has 1 N–H and O–H groups in total. The quantitative estimate of drug-likeness (QED) is 0.707. The van der Waals surface area contributed by atoms with Crippen LogP contribution >= 0.6 is 24.0 Å². The van der Waals surface area contributed by atoms with Gasteiger partial charge in [0.2, 0.25) is 0 Å². The highest BCUT2D eigenvalue weighted by Crippen LogP contribution is 2.17. The molecule has 148 valence electrons. The number of carbonyl (C=O) groups excluding carboxylic acids is 1. The molecule has 1 aliphatic rings. The van der Waals surface area contributed by atoms with Gasteiger partial charge >= 0.3 is 0 Å². The van der Waals surface area contributed by atoms with Gasteiger partial charge in [-0.1, -0.05) is 11.6 Å². The molecule has 1 amide bonds. The first kappa shape index (κ1) is 21.5. The molecule has 8 heteroatoms. The molecular formula is C19H26Cl2N4O2. The number of halogens is 2. The number of piperidine rings is 1. The van der Waals surface area contributed by atoms with Crippen molar-refractivity contribution in [1.82, 2.24) is 20.0 Å². The Balaban J connectivity index is 0.00000261. The van der Waals surface area contributed by atoms with Crippen LogP contribution in [0.5, 0.6) is 5.75 Å². The van der Waals surface area contributed by atoms with E-state index < -0.39 is 0 Å². The summed E-state index contributed by atoms with van der Waals surface area (Å²) in [5.41, 5.74) is 0.497. The van der Waals surface area contributed by atoms with Crippen molar-refractivity contribution in [3.63, 3.8) is 0 Å². The van der Waals surface area contributed by atoms with Crippen LogP contribution in [-0.4, -0.2) is 53.9 Å². The molecule has 1 fully saturated rings. The third kappa shape index (κ3) is 6.13. The summed E-state index contributed by atoms with van der Waals surface area (Å²) < 4.78 is 7.57. The lowest BCUT2D eigenvalue weighted by Crippen LogP contribution is -2.32. The number of hydrogen-bond acceptors (Lipinski definition) is 4. The summed E-state index contributed by atoms with van der Waals surface area (Å²) in [5, 5.41) is 8.53. The van der Waals surface area contributed by atoms with Crippen molar-refractivity contribution in [1.29, 1.82) is 0 Å². The smallest absolute Gasteiger partial charge is 0.274 e. The molecule has 27 heavy (non-hydrogen) atoms. The molecule has 1 unspecified atom stereocenters. The fourth-order valence-corrected chi connectivity index (χ4v) is 3.16. The first-order valence-corrected chi connectivity index (χ1v) is 9.41. The Hall–Kier alpha value is -1.76. The summed E-state index contributed by atoms with van der Waals surface area (Å²) in [6.45, 7) is 3.13. The average molecular weight is 413 g/mol. The third-order valence-corrected chi connectivity index (χ3v) is 4.79. The minimum Gasteiger partial charge on any atom is -0.494 e. The van der Waals surface area contributed by atoms with E-state index in [-0.39, 0.29) is 18.3 Å². The Morgan fingerprint density at radius 2 is 2.15 bits per heavy atom. The van der Waals surface area contributed by atoms with Crippen molar-refractivity contribution in [3.8, 4) is 5.75 Å². The van der Waals surface area contributed by atoms with Gasteiger partial charge in [0.1, 0.15) is 11.4 Å². The van der Waals surface area contributed by atoms with Gasteiger partial charge < -0.3 is 15.0 Å². The molecule has 0 bridgehead atoms. The van der Waals surface area contributed by atoms with Gasteiger partial charge in [0.25, 0.3) is 5.91 Å². The first-order valence-electron chi connectivity index (χ1n) is 9.03. The first-order chi connectivity index (χ1) is 12.6. The number of aromatic nitrogens is 2. The van der Waals surface area contributed by atoms with Gasteiger partial charge in [0, 0.05) is 31.4 Å². The van der Waals surface area contributed by atoms with Gasteiger partial charge in [-0.3, -0.25) is 9.48 Å². The van der Waals surface area contributed by atoms with Gasteiger partial charge in [-0.15, -0.1) is 12.4 Å². The fourth-order valence-electron chi connectivity index (χ4n) is 3.03. The Morgan fingerprint density at radius 1 is 1.37 bits per heavy atom. The SMILES string of the molecule is CN(CCCOc1ccc(Cl)cc1)C(=O)c1ccn(C2CCCNC2)n1.Cl.